The molecule has 2 aliphatic rings. The van der Waals surface area contributed by atoms with E-state index >= 15 is 0 Å². The summed E-state index contributed by atoms with van der Waals surface area (Å²) in [6.07, 6.45) is -0.436. The minimum atomic E-state index is -0.533. The Morgan fingerprint density at radius 1 is 1.08 bits per heavy atom. The van der Waals surface area contributed by atoms with Crippen LogP contribution in [0.1, 0.15) is 28.4 Å². The largest absolute Gasteiger partial charge is 0.453 e. The summed E-state index contributed by atoms with van der Waals surface area (Å²) >= 11 is 0. The van der Waals surface area contributed by atoms with Crippen molar-refractivity contribution in [2.75, 3.05) is 36.5 Å². The molecule has 1 fully saturated rings. The summed E-state index contributed by atoms with van der Waals surface area (Å²) in [6.45, 7) is 2.94. The van der Waals surface area contributed by atoms with Gasteiger partial charge in [-0.1, -0.05) is 30.3 Å². The van der Waals surface area contributed by atoms with E-state index in [4.69, 9.17) is 9.47 Å². The second kappa shape index (κ2) is 7.17. The Hall–Kier alpha value is -2.86. The number of morpholine rings is 1. The highest BCUT2D eigenvalue weighted by molar-refractivity contribution is 5.97. The number of fused-ring (bicyclic) bond motifs is 1. The Bertz CT molecular complexity index is 830. The van der Waals surface area contributed by atoms with Gasteiger partial charge in [0.05, 0.1) is 36.6 Å². The van der Waals surface area contributed by atoms with E-state index in [9.17, 15) is 9.59 Å². The Balaban J connectivity index is 1.47. The summed E-state index contributed by atoms with van der Waals surface area (Å²) in [4.78, 5) is 26.7. The first-order chi connectivity index (χ1) is 12.7. The van der Waals surface area contributed by atoms with E-state index in [1.54, 1.807) is 12.1 Å². The van der Waals surface area contributed by atoms with Gasteiger partial charge in [0.15, 0.2) is 0 Å². The van der Waals surface area contributed by atoms with Gasteiger partial charge in [-0.3, -0.25) is 4.79 Å². The van der Waals surface area contributed by atoms with E-state index in [0.29, 0.717) is 18.8 Å². The van der Waals surface area contributed by atoms with Gasteiger partial charge in [0.1, 0.15) is 6.10 Å². The molecule has 1 amide bonds. The van der Waals surface area contributed by atoms with E-state index in [0.717, 1.165) is 30.0 Å². The lowest BCUT2D eigenvalue weighted by atomic mass is 10.0. The number of cyclic esters (lactones) is 1. The van der Waals surface area contributed by atoms with Gasteiger partial charge in [0, 0.05) is 18.7 Å². The molecular formula is C20H20N2O4. The molecule has 6 nitrogen and oxygen atoms in total. The predicted octanol–water partition coefficient (Wildman–Crippen LogP) is 2.76. The number of ether oxygens (including phenoxy) is 2. The fourth-order valence-electron chi connectivity index (χ4n) is 3.40. The molecule has 26 heavy (non-hydrogen) atoms. The normalized spacial score (nSPS) is 19.0. The predicted molar refractivity (Wildman–Crippen MR) is 97.3 cm³/mol. The number of hydrogen-bond acceptors (Lipinski definition) is 5. The third kappa shape index (κ3) is 3.28. The lowest BCUT2D eigenvalue weighted by Crippen LogP contribution is -2.36. The zero-order valence-corrected chi connectivity index (χ0v) is 14.3. The molecule has 134 valence electrons. The fraction of sp³-hybridized carbons (Fsp3) is 0.300. The van der Waals surface area contributed by atoms with Gasteiger partial charge in [0.2, 0.25) is 5.91 Å². The molecule has 6 heteroatoms. The first kappa shape index (κ1) is 16.6. The first-order valence-corrected chi connectivity index (χ1v) is 8.74. The van der Waals surface area contributed by atoms with Crippen molar-refractivity contribution in [3.05, 3.63) is 59.7 Å². The topological polar surface area (TPSA) is 67.9 Å². The van der Waals surface area contributed by atoms with Gasteiger partial charge in [-0.05, 0) is 18.2 Å². The third-order valence-corrected chi connectivity index (χ3v) is 4.68. The molecule has 2 aromatic rings. The number of esters is 1. The van der Waals surface area contributed by atoms with Crippen LogP contribution < -0.4 is 10.2 Å². The molecule has 0 radical (unpaired) electrons. The third-order valence-electron chi connectivity index (χ3n) is 4.68. The molecule has 1 atom stereocenters. The molecule has 0 aromatic heterocycles. The van der Waals surface area contributed by atoms with Gasteiger partial charge in [-0.2, -0.15) is 0 Å². The summed E-state index contributed by atoms with van der Waals surface area (Å²) in [6, 6.07) is 14.9. The quantitative estimate of drug-likeness (QED) is 0.857. The van der Waals surface area contributed by atoms with Gasteiger partial charge in [0.25, 0.3) is 0 Å². The molecule has 0 unspecified atom stereocenters. The van der Waals surface area contributed by atoms with Crippen molar-refractivity contribution in [1.82, 2.24) is 0 Å². The van der Waals surface area contributed by atoms with E-state index in [-0.39, 0.29) is 18.3 Å². The number of benzene rings is 2. The average molecular weight is 352 g/mol. The number of nitrogens with zero attached hydrogens (tertiary/aromatic N) is 1. The molecule has 2 heterocycles. The molecule has 2 aliphatic heterocycles. The number of rotatable bonds is 4. The van der Waals surface area contributed by atoms with Crippen molar-refractivity contribution in [2.24, 2.45) is 0 Å². The minimum Gasteiger partial charge on any atom is -0.453 e. The summed E-state index contributed by atoms with van der Waals surface area (Å²) in [7, 11) is 0. The maximum absolute atomic E-state index is 12.6. The number of amides is 1. The molecule has 1 N–H and O–H groups in total. The highest BCUT2D eigenvalue weighted by Gasteiger charge is 2.32. The van der Waals surface area contributed by atoms with Crippen molar-refractivity contribution in [2.45, 2.75) is 12.5 Å². The molecule has 4 rings (SSSR count). The van der Waals surface area contributed by atoms with E-state index in [1.165, 1.54) is 0 Å². The highest BCUT2D eigenvalue weighted by atomic mass is 16.5. The van der Waals surface area contributed by atoms with Gasteiger partial charge >= 0.3 is 5.97 Å². The zero-order chi connectivity index (χ0) is 17.9. The number of anilines is 2. The molecular weight excluding hydrogens is 332 g/mol. The lowest BCUT2D eigenvalue weighted by Gasteiger charge is -2.30. The van der Waals surface area contributed by atoms with Crippen LogP contribution in [0, 0.1) is 0 Å². The number of nitrogens with one attached hydrogen (secondary N) is 1. The first-order valence-electron chi connectivity index (χ1n) is 8.74. The molecule has 1 saturated heterocycles. The summed E-state index contributed by atoms with van der Waals surface area (Å²) < 4.78 is 10.8. The zero-order valence-electron chi connectivity index (χ0n) is 14.3. The number of hydrogen-bond donors (Lipinski definition) is 1. The number of para-hydroxylation sites is 2. The molecule has 0 aliphatic carbocycles. The van der Waals surface area contributed by atoms with Crippen LogP contribution in [0.2, 0.25) is 0 Å². The Morgan fingerprint density at radius 3 is 2.65 bits per heavy atom. The summed E-state index contributed by atoms with van der Waals surface area (Å²) in [5.74, 6) is -0.549. The van der Waals surface area contributed by atoms with Gasteiger partial charge in [-0.25, -0.2) is 4.79 Å². The molecule has 0 saturated carbocycles. The van der Waals surface area contributed by atoms with Crippen LogP contribution in [0.5, 0.6) is 0 Å². The average Bonchev–Trinajstić information content (AvgIpc) is 2.99. The second-order valence-electron chi connectivity index (χ2n) is 6.35. The van der Waals surface area contributed by atoms with E-state index in [1.807, 2.05) is 36.4 Å². The van der Waals surface area contributed by atoms with Crippen LogP contribution in [0.4, 0.5) is 11.4 Å². The second-order valence-corrected chi connectivity index (χ2v) is 6.35. The standard InChI is InChI=1S/C20H20N2O4/c23-19(13-18-14-5-1-2-6-15(14)20(24)26-18)21-16-7-3-4-8-17(16)22-9-11-25-12-10-22/h1-8,18H,9-13H2,(H,21,23)/t18-/m1/s1. The minimum absolute atomic E-state index is 0.0974. The Morgan fingerprint density at radius 2 is 1.81 bits per heavy atom. The monoisotopic (exact) mass is 352 g/mol. The summed E-state index contributed by atoms with van der Waals surface area (Å²) in [5, 5.41) is 2.97. The Kier molecular flexibility index (Phi) is 4.58. The smallest absolute Gasteiger partial charge is 0.339 e. The van der Waals surface area contributed by atoms with Crippen LogP contribution in [-0.2, 0) is 14.3 Å². The highest BCUT2D eigenvalue weighted by Crippen LogP contribution is 2.33. The maximum atomic E-state index is 12.6. The van der Waals surface area contributed by atoms with E-state index < -0.39 is 6.10 Å². The van der Waals surface area contributed by atoms with Crippen molar-refractivity contribution < 1.29 is 19.1 Å². The maximum Gasteiger partial charge on any atom is 0.339 e. The lowest BCUT2D eigenvalue weighted by molar-refractivity contribution is -0.118. The van der Waals surface area contributed by atoms with Crippen molar-refractivity contribution in [3.63, 3.8) is 0 Å². The van der Waals surface area contributed by atoms with Gasteiger partial charge < -0.3 is 19.7 Å². The fourth-order valence-corrected chi connectivity index (χ4v) is 3.40. The van der Waals surface area contributed by atoms with Crippen molar-refractivity contribution >= 4 is 23.3 Å². The molecule has 0 spiro atoms. The van der Waals surface area contributed by atoms with Crippen molar-refractivity contribution in [1.29, 1.82) is 0 Å². The van der Waals surface area contributed by atoms with Crippen LogP contribution in [-0.4, -0.2) is 38.2 Å². The Labute approximate surface area is 151 Å². The van der Waals surface area contributed by atoms with E-state index in [2.05, 4.69) is 10.2 Å². The van der Waals surface area contributed by atoms with Crippen LogP contribution in [0.3, 0.4) is 0 Å². The van der Waals surface area contributed by atoms with Crippen LogP contribution >= 0.6 is 0 Å². The number of carbonyl (C=O) groups is 2. The molecule has 2 aromatic carbocycles. The molecule has 0 bridgehead atoms. The number of carbonyl (C=O) groups excluding carboxylic acids is 2. The van der Waals surface area contributed by atoms with Crippen molar-refractivity contribution in [3.8, 4) is 0 Å². The summed E-state index contributed by atoms with van der Waals surface area (Å²) in [5.41, 5.74) is 3.05. The van der Waals surface area contributed by atoms with Gasteiger partial charge in [-0.15, -0.1) is 0 Å². The SMILES string of the molecule is O=C(C[C@H]1OC(=O)c2ccccc21)Nc1ccccc1N1CCOCC1. The van der Waals surface area contributed by atoms with Crippen LogP contribution in [0.15, 0.2) is 48.5 Å². The van der Waals surface area contributed by atoms with Crippen LogP contribution in [0.25, 0.3) is 0 Å².